The molecule has 0 aliphatic carbocycles. The molecule has 1 N–H and O–H groups in total. The van der Waals surface area contributed by atoms with Crippen LogP contribution >= 0.6 is 11.5 Å². The molecular formula is C21H31N5O2S. The van der Waals surface area contributed by atoms with Gasteiger partial charge in [0.2, 0.25) is 11.0 Å². The highest BCUT2D eigenvalue weighted by molar-refractivity contribution is 7.09. The molecule has 0 saturated carbocycles. The average molecular weight is 418 g/mol. The van der Waals surface area contributed by atoms with Crippen molar-refractivity contribution in [3.63, 3.8) is 0 Å². The molecule has 1 fully saturated rings. The number of rotatable bonds is 9. The molecule has 8 heteroatoms. The second-order valence-electron chi connectivity index (χ2n) is 7.80. The topological polar surface area (TPSA) is 70.6 Å². The van der Waals surface area contributed by atoms with E-state index in [9.17, 15) is 4.79 Å². The second-order valence-corrected chi connectivity index (χ2v) is 8.53. The van der Waals surface area contributed by atoms with Gasteiger partial charge in [-0.05, 0) is 23.6 Å². The standard InChI is InChI=1S/C21H31N5O2S/c1-16(2)13-20(27)22-7-8-25-9-11-26(12-10-25)21-23-19(24-29-21)15-17-5-4-6-18(14-17)28-3/h4-6,14,16H,7-13,15H2,1-3H3,(H,22,27). The Morgan fingerprint density at radius 2 is 2.07 bits per heavy atom. The van der Waals surface area contributed by atoms with E-state index in [4.69, 9.17) is 9.72 Å². The first kappa shape index (κ1) is 21.5. The molecule has 0 radical (unpaired) electrons. The van der Waals surface area contributed by atoms with E-state index in [-0.39, 0.29) is 5.91 Å². The van der Waals surface area contributed by atoms with E-state index >= 15 is 0 Å². The number of benzene rings is 1. The maximum absolute atomic E-state index is 11.7. The fraction of sp³-hybridized carbons (Fsp3) is 0.571. The van der Waals surface area contributed by atoms with Gasteiger partial charge < -0.3 is 15.0 Å². The summed E-state index contributed by atoms with van der Waals surface area (Å²) in [7, 11) is 1.68. The maximum atomic E-state index is 11.7. The predicted molar refractivity (Wildman–Crippen MR) is 117 cm³/mol. The zero-order valence-electron chi connectivity index (χ0n) is 17.6. The Kier molecular flexibility index (Phi) is 7.83. The highest BCUT2D eigenvalue weighted by atomic mass is 32.1. The highest BCUT2D eigenvalue weighted by Crippen LogP contribution is 2.21. The van der Waals surface area contributed by atoms with E-state index in [0.717, 1.165) is 61.5 Å². The van der Waals surface area contributed by atoms with E-state index < -0.39 is 0 Å². The van der Waals surface area contributed by atoms with Gasteiger partial charge in [-0.25, -0.2) is 4.98 Å². The number of hydrogen-bond acceptors (Lipinski definition) is 7. The first-order valence-corrected chi connectivity index (χ1v) is 11.0. The molecule has 0 bridgehead atoms. The van der Waals surface area contributed by atoms with Gasteiger partial charge in [0, 0.05) is 63.6 Å². The van der Waals surface area contributed by atoms with Crippen LogP contribution in [0.5, 0.6) is 5.75 Å². The molecule has 1 aromatic carbocycles. The fourth-order valence-electron chi connectivity index (χ4n) is 3.37. The van der Waals surface area contributed by atoms with Crippen LogP contribution in [0.25, 0.3) is 0 Å². The molecule has 3 rings (SSSR count). The number of amides is 1. The molecule has 2 aromatic rings. The summed E-state index contributed by atoms with van der Waals surface area (Å²) in [5.74, 6) is 2.26. The van der Waals surface area contributed by atoms with Crippen LogP contribution in [0.15, 0.2) is 24.3 Å². The van der Waals surface area contributed by atoms with Gasteiger partial charge in [0.1, 0.15) is 11.6 Å². The van der Waals surface area contributed by atoms with Gasteiger partial charge in [-0.3, -0.25) is 9.69 Å². The van der Waals surface area contributed by atoms with Crippen LogP contribution in [0.4, 0.5) is 5.13 Å². The smallest absolute Gasteiger partial charge is 0.220 e. The first-order chi connectivity index (χ1) is 14.0. The molecule has 0 unspecified atom stereocenters. The maximum Gasteiger partial charge on any atom is 0.220 e. The van der Waals surface area contributed by atoms with E-state index in [0.29, 0.717) is 18.8 Å². The van der Waals surface area contributed by atoms with Crippen molar-refractivity contribution >= 4 is 22.6 Å². The van der Waals surface area contributed by atoms with Crippen molar-refractivity contribution in [1.82, 2.24) is 19.6 Å². The Hall–Kier alpha value is -2.19. The first-order valence-electron chi connectivity index (χ1n) is 10.2. The fourth-order valence-corrected chi connectivity index (χ4v) is 4.11. The van der Waals surface area contributed by atoms with Crippen LogP contribution in [-0.2, 0) is 11.2 Å². The summed E-state index contributed by atoms with van der Waals surface area (Å²) < 4.78 is 9.83. The summed E-state index contributed by atoms with van der Waals surface area (Å²) in [6, 6.07) is 8.03. The van der Waals surface area contributed by atoms with Crippen molar-refractivity contribution in [2.75, 3.05) is 51.3 Å². The summed E-state index contributed by atoms with van der Waals surface area (Å²) in [6.45, 7) is 9.57. The minimum atomic E-state index is 0.149. The van der Waals surface area contributed by atoms with Crippen LogP contribution in [0.1, 0.15) is 31.7 Å². The number of carbonyl (C=O) groups excluding carboxylic acids is 1. The minimum absolute atomic E-state index is 0.149. The Morgan fingerprint density at radius 1 is 1.28 bits per heavy atom. The molecule has 29 heavy (non-hydrogen) atoms. The van der Waals surface area contributed by atoms with E-state index in [2.05, 4.69) is 39.4 Å². The van der Waals surface area contributed by atoms with Gasteiger partial charge in [-0.1, -0.05) is 26.0 Å². The number of carbonyl (C=O) groups is 1. The molecule has 0 spiro atoms. The zero-order valence-corrected chi connectivity index (χ0v) is 18.4. The largest absolute Gasteiger partial charge is 0.497 e. The van der Waals surface area contributed by atoms with Gasteiger partial charge >= 0.3 is 0 Å². The zero-order chi connectivity index (χ0) is 20.6. The summed E-state index contributed by atoms with van der Waals surface area (Å²) >= 11 is 1.47. The third kappa shape index (κ3) is 6.68. The molecule has 0 atom stereocenters. The number of aromatic nitrogens is 2. The molecule has 7 nitrogen and oxygen atoms in total. The van der Waals surface area contributed by atoms with Crippen molar-refractivity contribution in [3.8, 4) is 5.75 Å². The lowest BCUT2D eigenvalue weighted by Gasteiger charge is -2.34. The minimum Gasteiger partial charge on any atom is -0.497 e. The van der Waals surface area contributed by atoms with Crippen molar-refractivity contribution < 1.29 is 9.53 Å². The predicted octanol–water partition coefficient (Wildman–Crippen LogP) is 2.42. The van der Waals surface area contributed by atoms with Crippen molar-refractivity contribution in [2.24, 2.45) is 5.92 Å². The van der Waals surface area contributed by atoms with Crippen molar-refractivity contribution in [3.05, 3.63) is 35.7 Å². The SMILES string of the molecule is COc1cccc(Cc2nsc(N3CCN(CCNC(=O)CC(C)C)CC3)n2)c1. The van der Waals surface area contributed by atoms with Gasteiger partial charge in [-0.15, -0.1) is 0 Å². The molecule has 1 aliphatic heterocycles. The van der Waals surface area contributed by atoms with Gasteiger partial charge in [0.15, 0.2) is 0 Å². The number of ether oxygens (including phenoxy) is 1. The normalized spacial score (nSPS) is 15.0. The third-order valence-corrected chi connectivity index (χ3v) is 5.76. The average Bonchev–Trinajstić information content (AvgIpc) is 3.16. The number of nitrogens with one attached hydrogen (secondary N) is 1. The second kappa shape index (κ2) is 10.5. The molecule has 1 aromatic heterocycles. The van der Waals surface area contributed by atoms with Gasteiger partial charge in [-0.2, -0.15) is 4.37 Å². The van der Waals surface area contributed by atoms with Crippen LogP contribution < -0.4 is 15.0 Å². The molecule has 1 aliphatic rings. The lowest BCUT2D eigenvalue weighted by atomic mass is 10.1. The van der Waals surface area contributed by atoms with Crippen molar-refractivity contribution in [2.45, 2.75) is 26.7 Å². The summed E-state index contributed by atoms with van der Waals surface area (Å²) in [5.41, 5.74) is 1.15. The van der Waals surface area contributed by atoms with E-state index in [1.165, 1.54) is 11.5 Å². The number of piperazine rings is 1. The van der Waals surface area contributed by atoms with Crippen molar-refractivity contribution in [1.29, 1.82) is 0 Å². The molecule has 1 amide bonds. The molecule has 1 saturated heterocycles. The lowest BCUT2D eigenvalue weighted by molar-refractivity contribution is -0.121. The quantitative estimate of drug-likeness (QED) is 0.676. The Balaban J connectivity index is 1.42. The summed E-state index contributed by atoms with van der Waals surface area (Å²) in [4.78, 5) is 21.2. The number of anilines is 1. The van der Waals surface area contributed by atoms with Gasteiger partial charge in [0.25, 0.3) is 0 Å². The Labute approximate surface area is 177 Å². The summed E-state index contributed by atoms with van der Waals surface area (Å²) in [6.07, 6.45) is 1.31. The Bertz CT molecular complexity index is 787. The van der Waals surface area contributed by atoms with E-state index in [1.54, 1.807) is 7.11 Å². The third-order valence-electron chi connectivity index (χ3n) is 4.94. The van der Waals surface area contributed by atoms with Gasteiger partial charge in [0.05, 0.1) is 7.11 Å². The van der Waals surface area contributed by atoms with Crippen LogP contribution in [-0.4, -0.2) is 66.5 Å². The Morgan fingerprint density at radius 3 is 2.79 bits per heavy atom. The molecule has 2 heterocycles. The highest BCUT2D eigenvalue weighted by Gasteiger charge is 2.20. The monoisotopic (exact) mass is 417 g/mol. The molecule has 158 valence electrons. The number of methoxy groups -OCH3 is 1. The lowest BCUT2D eigenvalue weighted by Crippen LogP contribution is -2.48. The molecular weight excluding hydrogens is 386 g/mol. The number of nitrogens with zero attached hydrogens (tertiary/aromatic N) is 4. The van der Waals surface area contributed by atoms with Crippen LogP contribution in [0.2, 0.25) is 0 Å². The summed E-state index contributed by atoms with van der Waals surface area (Å²) in [5, 5.41) is 4.01. The number of hydrogen-bond donors (Lipinski definition) is 1. The van der Waals surface area contributed by atoms with E-state index in [1.807, 2.05) is 18.2 Å². The van der Waals surface area contributed by atoms with Crippen LogP contribution in [0, 0.1) is 5.92 Å². The van der Waals surface area contributed by atoms with Crippen LogP contribution in [0.3, 0.4) is 0 Å².